The van der Waals surface area contributed by atoms with Gasteiger partial charge in [0.25, 0.3) is 0 Å². The summed E-state index contributed by atoms with van der Waals surface area (Å²) in [5, 5.41) is 7.37. The lowest BCUT2D eigenvalue weighted by atomic mass is 9.71. The van der Waals surface area contributed by atoms with Crippen LogP contribution < -0.4 is 16.0 Å². The van der Waals surface area contributed by atoms with E-state index in [4.69, 9.17) is 14.2 Å². The van der Waals surface area contributed by atoms with Crippen molar-refractivity contribution in [2.24, 2.45) is 10.4 Å². The molecule has 3 amide bonds. The number of carbonyl (C=O) groups is 4. The molecule has 2 aromatic rings. The molecule has 196 valence electrons. The predicted octanol–water partition coefficient (Wildman–Crippen LogP) is 2.65. The van der Waals surface area contributed by atoms with E-state index in [0.29, 0.717) is 12.8 Å². The molecule has 0 radical (unpaired) electrons. The first-order valence-electron chi connectivity index (χ1n) is 11.7. The second kappa shape index (κ2) is 13.1. The first kappa shape index (κ1) is 27.2. The number of methoxy groups -OCH3 is 1. The number of esters is 1. The van der Waals surface area contributed by atoms with Crippen LogP contribution in [0.2, 0.25) is 0 Å². The summed E-state index contributed by atoms with van der Waals surface area (Å²) in [5.74, 6) is -0.932. The number of carbonyl (C=O) groups excluding carboxylic acids is 4. The number of hydrogen-bond acceptors (Lipinski definition) is 8. The van der Waals surface area contributed by atoms with E-state index in [9.17, 15) is 19.2 Å². The molecule has 0 bridgehead atoms. The molecule has 0 saturated carbocycles. The zero-order chi connectivity index (χ0) is 26.7. The molecule has 1 saturated heterocycles. The second-order valence-corrected chi connectivity index (χ2v) is 8.55. The Morgan fingerprint density at radius 1 is 0.919 bits per heavy atom. The third kappa shape index (κ3) is 7.79. The van der Waals surface area contributed by atoms with Gasteiger partial charge in [-0.2, -0.15) is 0 Å². The lowest BCUT2D eigenvalue weighted by Crippen LogP contribution is -2.69. The second-order valence-electron chi connectivity index (χ2n) is 8.55. The molecular formula is C26H30N4O7. The van der Waals surface area contributed by atoms with Crippen LogP contribution in [0.3, 0.4) is 0 Å². The van der Waals surface area contributed by atoms with E-state index < -0.39 is 29.6 Å². The summed E-state index contributed by atoms with van der Waals surface area (Å²) in [6.07, 6.45) is -0.904. The molecule has 2 aromatic carbocycles. The topological polar surface area (TPSA) is 144 Å². The molecule has 1 fully saturated rings. The molecule has 3 N–H and O–H groups in total. The third-order valence-corrected chi connectivity index (χ3v) is 5.86. The van der Waals surface area contributed by atoms with Crippen LogP contribution in [-0.4, -0.2) is 49.7 Å². The highest BCUT2D eigenvalue weighted by atomic mass is 16.6. The minimum absolute atomic E-state index is 0.0286. The number of nitrogens with one attached hydrogen (secondary N) is 3. The van der Waals surface area contributed by atoms with Gasteiger partial charge < -0.3 is 19.5 Å². The molecule has 1 heterocycles. The number of rotatable bonds is 9. The van der Waals surface area contributed by atoms with E-state index in [1.165, 1.54) is 7.11 Å². The van der Waals surface area contributed by atoms with Gasteiger partial charge in [-0.3, -0.25) is 20.4 Å². The van der Waals surface area contributed by atoms with Gasteiger partial charge in [0.1, 0.15) is 19.3 Å². The zero-order valence-electron chi connectivity index (χ0n) is 20.7. The molecule has 0 aliphatic carbocycles. The van der Waals surface area contributed by atoms with E-state index in [-0.39, 0.29) is 31.6 Å². The Labute approximate surface area is 214 Å². The Morgan fingerprint density at radius 3 is 1.89 bits per heavy atom. The van der Waals surface area contributed by atoms with Gasteiger partial charge in [0, 0.05) is 6.54 Å². The minimum Gasteiger partial charge on any atom is -0.467 e. The number of aliphatic imine (C=N–C) groups is 1. The molecule has 11 nitrogen and oxygen atoms in total. The van der Waals surface area contributed by atoms with Crippen LogP contribution in [-0.2, 0) is 37.0 Å². The molecule has 37 heavy (non-hydrogen) atoms. The molecule has 0 aromatic heterocycles. The van der Waals surface area contributed by atoms with Crippen LogP contribution in [0.4, 0.5) is 9.59 Å². The van der Waals surface area contributed by atoms with Crippen LogP contribution in [0.5, 0.6) is 0 Å². The maximum Gasteiger partial charge on any atom is 0.414 e. The van der Waals surface area contributed by atoms with Crippen molar-refractivity contribution in [2.75, 3.05) is 13.7 Å². The van der Waals surface area contributed by atoms with Gasteiger partial charge in [0.2, 0.25) is 11.9 Å². The lowest BCUT2D eigenvalue weighted by Gasteiger charge is -2.44. The molecule has 1 aliphatic heterocycles. The van der Waals surface area contributed by atoms with Crippen molar-refractivity contribution in [1.82, 2.24) is 16.0 Å². The lowest BCUT2D eigenvalue weighted by molar-refractivity contribution is -0.163. The first-order valence-corrected chi connectivity index (χ1v) is 11.7. The van der Waals surface area contributed by atoms with Gasteiger partial charge in [-0.05, 0) is 30.9 Å². The fraction of sp³-hybridized carbons (Fsp3) is 0.346. The highest BCUT2D eigenvalue weighted by Crippen LogP contribution is 2.36. The molecule has 1 aliphatic rings. The number of alkyl carbamates (subject to hydrolysis) is 2. The Bertz CT molecular complexity index is 1060. The van der Waals surface area contributed by atoms with Crippen LogP contribution in [0, 0.1) is 5.41 Å². The van der Waals surface area contributed by atoms with Crippen LogP contribution in [0.25, 0.3) is 0 Å². The van der Waals surface area contributed by atoms with Gasteiger partial charge in [-0.1, -0.05) is 60.7 Å². The number of β-lactam (4-membered cyclic amide) rings is 1. The molecule has 2 unspecified atom stereocenters. The normalized spacial score (nSPS) is 17.9. The maximum atomic E-state index is 12.3. The van der Waals surface area contributed by atoms with Crippen LogP contribution in [0.15, 0.2) is 65.7 Å². The van der Waals surface area contributed by atoms with Crippen LogP contribution in [0.1, 0.15) is 30.9 Å². The van der Waals surface area contributed by atoms with Gasteiger partial charge in [0.05, 0.1) is 12.5 Å². The van der Waals surface area contributed by atoms with Crippen molar-refractivity contribution in [3.05, 3.63) is 71.8 Å². The third-order valence-electron chi connectivity index (χ3n) is 5.86. The smallest absolute Gasteiger partial charge is 0.414 e. The molecule has 0 spiro atoms. The Morgan fingerprint density at radius 2 is 1.43 bits per heavy atom. The van der Waals surface area contributed by atoms with Gasteiger partial charge >= 0.3 is 18.2 Å². The summed E-state index contributed by atoms with van der Waals surface area (Å²) in [6.45, 7) is 1.88. The summed E-state index contributed by atoms with van der Waals surface area (Å²) < 4.78 is 15.1. The Balaban J connectivity index is 1.57. The summed E-state index contributed by atoms with van der Waals surface area (Å²) in [7, 11) is 1.26. The van der Waals surface area contributed by atoms with Gasteiger partial charge in [-0.25, -0.2) is 14.4 Å². The van der Waals surface area contributed by atoms with Crippen molar-refractivity contribution in [2.45, 2.75) is 39.0 Å². The highest BCUT2D eigenvalue weighted by Gasteiger charge is 2.54. The number of nitrogens with zero attached hydrogens (tertiary/aromatic N) is 1. The number of ether oxygens (including phenoxy) is 3. The van der Waals surface area contributed by atoms with Crippen molar-refractivity contribution in [3.63, 3.8) is 0 Å². The standard InChI is InChI=1S/C26H30N4O7/c1-26(20(21(31)35-2)28-22(26)32)14-9-15-27-23(29-24(33)36-16-18-10-5-3-6-11-18)30-25(34)37-17-19-12-7-4-8-13-19/h3-8,10-13,20H,9,14-17H2,1-2H3,(H,28,32)(H2,27,29,30,33,34). The predicted molar refractivity (Wildman–Crippen MR) is 133 cm³/mol. The largest absolute Gasteiger partial charge is 0.467 e. The summed E-state index contributed by atoms with van der Waals surface area (Å²) in [4.78, 5) is 52.8. The summed E-state index contributed by atoms with van der Waals surface area (Å²) >= 11 is 0. The number of hydrogen-bond donors (Lipinski definition) is 3. The molecule has 3 rings (SSSR count). The fourth-order valence-electron chi connectivity index (χ4n) is 3.66. The molecule has 2 atom stereocenters. The molecule has 11 heteroatoms. The van der Waals surface area contributed by atoms with E-state index in [0.717, 1.165) is 11.1 Å². The SMILES string of the molecule is COC(=O)C1NC(=O)C1(C)CCCN=C(NC(=O)OCc1ccccc1)NC(=O)OCc1ccccc1. The molecular weight excluding hydrogens is 480 g/mol. The minimum atomic E-state index is -0.924. The Kier molecular flexibility index (Phi) is 9.59. The number of benzene rings is 2. The fourth-order valence-corrected chi connectivity index (χ4v) is 3.66. The average molecular weight is 511 g/mol. The van der Waals surface area contributed by atoms with E-state index in [1.807, 2.05) is 36.4 Å². The van der Waals surface area contributed by atoms with Crippen molar-refractivity contribution in [1.29, 1.82) is 0 Å². The average Bonchev–Trinajstić information content (AvgIpc) is 2.92. The van der Waals surface area contributed by atoms with Crippen molar-refractivity contribution < 1.29 is 33.4 Å². The van der Waals surface area contributed by atoms with E-state index in [1.54, 1.807) is 31.2 Å². The quantitative estimate of drug-likeness (QED) is 0.117. The Hall–Kier alpha value is -4.41. The van der Waals surface area contributed by atoms with Gasteiger partial charge in [-0.15, -0.1) is 0 Å². The monoisotopic (exact) mass is 510 g/mol. The van der Waals surface area contributed by atoms with Crippen LogP contribution >= 0.6 is 0 Å². The zero-order valence-corrected chi connectivity index (χ0v) is 20.7. The van der Waals surface area contributed by atoms with Gasteiger partial charge in [0.15, 0.2) is 0 Å². The highest BCUT2D eigenvalue weighted by molar-refractivity contribution is 6.01. The summed E-state index contributed by atoms with van der Waals surface area (Å²) in [6, 6.07) is 17.5. The number of guanidine groups is 1. The number of amides is 3. The van der Waals surface area contributed by atoms with Crippen molar-refractivity contribution >= 4 is 30.0 Å². The summed E-state index contributed by atoms with van der Waals surface area (Å²) in [5.41, 5.74) is 0.657. The van der Waals surface area contributed by atoms with Crippen molar-refractivity contribution in [3.8, 4) is 0 Å². The maximum absolute atomic E-state index is 12.3. The first-order chi connectivity index (χ1) is 17.8. The van der Waals surface area contributed by atoms with E-state index in [2.05, 4.69) is 20.9 Å². The van der Waals surface area contributed by atoms with E-state index >= 15 is 0 Å².